The zero-order valence-electron chi connectivity index (χ0n) is 34.3. The van der Waals surface area contributed by atoms with E-state index in [1.54, 1.807) is 32.2 Å². The molecule has 60 heavy (non-hydrogen) atoms. The Balaban J connectivity index is 1.66. The van der Waals surface area contributed by atoms with Gasteiger partial charge in [-0.05, 0) is 69.2 Å². The number of nitrogens with two attached hydrogens (primary N) is 2. The van der Waals surface area contributed by atoms with Gasteiger partial charge in [-0.25, -0.2) is 4.79 Å². The number of carbonyl (C=O) groups is 7. The van der Waals surface area contributed by atoms with Crippen molar-refractivity contribution in [3.63, 3.8) is 0 Å². The number of carbonyl (C=O) groups excluding carboxylic acids is 6. The van der Waals surface area contributed by atoms with Gasteiger partial charge in [-0.15, -0.1) is 0 Å². The molecule has 0 saturated heterocycles. The molecule has 1 heterocycles. The standard InChI is InChI=1S/C41H59N9O9S/c1-22(2)33(39(56)47-31(41(58)59)19-26-20-44-29-15-9-8-14-27(26)29)49-37(54)30(16-10-11-17-42)46-38(55)32(21-60)48-40(57)34(24(4)51)50-35(52)23(3)45-36(53)28(43)18-25-12-6-5-7-13-25/h5-9,12-15,20,22-24,28,30-34,44,51,60H,10-11,16-19,21,42-43H2,1-4H3,(H,45,53)(H,46,55)(H,47,56)(H,48,57)(H,49,54)(H,50,52)(H,58,59)/t23-,24+,28-,30-,31-,32-,33-,34-/m0/s1. The van der Waals surface area contributed by atoms with Crippen LogP contribution in [0.4, 0.5) is 0 Å². The lowest BCUT2D eigenvalue weighted by Gasteiger charge is -2.28. The summed E-state index contributed by atoms with van der Waals surface area (Å²) in [5.41, 5.74) is 14.0. The molecule has 3 aromatic rings. The van der Waals surface area contributed by atoms with Crippen LogP contribution in [0.3, 0.4) is 0 Å². The number of aromatic amines is 1. The number of aliphatic carboxylic acids is 1. The van der Waals surface area contributed by atoms with E-state index in [-0.39, 0.29) is 25.0 Å². The van der Waals surface area contributed by atoms with Crippen LogP contribution in [-0.2, 0) is 46.4 Å². The molecule has 328 valence electrons. The number of rotatable bonds is 24. The highest BCUT2D eigenvalue weighted by Crippen LogP contribution is 2.19. The van der Waals surface area contributed by atoms with Crippen molar-refractivity contribution in [2.24, 2.45) is 17.4 Å². The number of carboxylic acid groups (broad SMARTS) is 1. The minimum atomic E-state index is -1.57. The van der Waals surface area contributed by atoms with E-state index in [2.05, 4.69) is 49.5 Å². The first kappa shape index (κ1) is 48.9. The Labute approximate surface area is 354 Å². The lowest BCUT2D eigenvalue weighted by Crippen LogP contribution is -2.62. The highest BCUT2D eigenvalue weighted by molar-refractivity contribution is 7.80. The topological polar surface area (TPSA) is 300 Å². The van der Waals surface area contributed by atoms with Gasteiger partial charge in [0.15, 0.2) is 0 Å². The zero-order chi connectivity index (χ0) is 44.5. The van der Waals surface area contributed by atoms with Crippen molar-refractivity contribution in [1.82, 2.24) is 36.9 Å². The summed E-state index contributed by atoms with van der Waals surface area (Å²) in [4.78, 5) is 95.4. The second kappa shape index (κ2) is 23.9. The molecule has 3 rings (SSSR count). The normalized spacial score (nSPS) is 15.3. The lowest BCUT2D eigenvalue weighted by molar-refractivity contribution is -0.142. The van der Waals surface area contributed by atoms with Gasteiger partial charge in [0.25, 0.3) is 0 Å². The van der Waals surface area contributed by atoms with Crippen molar-refractivity contribution in [2.75, 3.05) is 12.3 Å². The predicted molar refractivity (Wildman–Crippen MR) is 228 cm³/mol. The fraction of sp³-hybridized carbons (Fsp3) is 0.488. The van der Waals surface area contributed by atoms with E-state index in [9.17, 15) is 43.8 Å². The SMILES string of the molecule is CC(C)[C@H](NC(=O)[C@H](CCCCN)NC(=O)[C@H](CS)NC(=O)[C@@H](NC(=O)[C@H](C)NC(=O)[C@@H](N)Cc1ccccc1)[C@@H](C)O)C(=O)N[C@@H](Cc1c[nH]c2ccccc12)C(=O)O. The highest BCUT2D eigenvalue weighted by Gasteiger charge is 2.35. The van der Waals surface area contributed by atoms with Gasteiger partial charge in [-0.1, -0.05) is 62.4 Å². The number of hydrogen-bond donors (Lipinski definition) is 12. The van der Waals surface area contributed by atoms with Gasteiger partial charge in [0, 0.05) is 29.3 Å². The Morgan fingerprint density at radius 1 is 0.683 bits per heavy atom. The number of hydrogen-bond acceptors (Lipinski definition) is 11. The summed E-state index contributed by atoms with van der Waals surface area (Å²) in [5, 5.41) is 36.4. The van der Waals surface area contributed by atoms with Crippen LogP contribution in [-0.4, -0.2) is 117 Å². The molecular weight excluding hydrogens is 795 g/mol. The molecule has 0 aliphatic heterocycles. The quantitative estimate of drug-likeness (QED) is 0.0399. The first-order chi connectivity index (χ1) is 28.5. The molecule has 0 aliphatic carbocycles. The third-order valence-corrected chi connectivity index (χ3v) is 10.2. The average Bonchev–Trinajstić information content (AvgIpc) is 3.62. The number of aromatic nitrogens is 1. The van der Waals surface area contributed by atoms with Crippen LogP contribution in [0.15, 0.2) is 60.8 Å². The number of unbranched alkanes of at least 4 members (excludes halogenated alkanes) is 1. The molecule has 19 heteroatoms. The zero-order valence-corrected chi connectivity index (χ0v) is 35.2. The Morgan fingerprint density at radius 3 is 1.88 bits per heavy atom. The Bertz CT molecular complexity index is 1930. The number of carboxylic acids is 1. The number of para-hydroxylation sites is 1. The second-order valence-corrected chi connectivity index (χ2v) is 15.4. The van der Waals surface area contributed by atoms with Gasteiger partial charge in [-0.2, -0.15) is 12.6 Å². The van der Waals surface area contributed by atoms with Gasteiger partial charge >= 0.3 is 5.97 Å². The lowest BCUT2D eigenvalue weighted by atomic mass is 10.00. The van der Waals surface area contributed by atoms with Crippen LogP contribution < -0.4 is 43.4 Å². The van der Waals surface area contributed by atoms with Crippen molar-refractivity contribution in [3.05, 3.63) is 71.9 Å². The van der Waals surface area contributed by atoms with E-state index in [1.807, 2.05) is 42.5 Å². The largest absolute Gasteiger partial charge is 0.480 e. The molecule has 0 unspecified atom stereocenters. The number of benzene rings is 2. The van der Waals surface area contributed by atoms with Gasteiger partial charge in [0.2, 0.25) is 35.4 Å². The van der Waals surface area contributed by atoms with Crippen LogP contribution in [0.25, 0.3) is 10.9 Å². The highest BCUT2D eigenvalue weighted by atomic mass is 32.1. The third-order valence-electron chi connectivity index (χ3n) is 9.81. The summed E-state index contributed by atoms with van der Waals surface area (Å²) in [7, 11) is 0. The molecule has 0 spiro atoms. The first-order valence-electron chi connectivity index (χ1n) is 19.9. The fourth-order valence-corrected chi connectivity index (χ4v) is 6.55. The monoisotopic (exact) mass is 853 g/mol. The van der Waals surface area contributed by atoms with Crippen molar-refractivity contribution in [3.8, 4) is 0 Å². The van der Waals surface area contributed by atoms with Crippen molar-refractivity contribution < 1.29 is 43.8 Å². The van der Waals surface area contributed by atoms with Crippen molar-refractivity contribution in [2.45, 2.75) is 108 Å². The minimum Gasteiger partial charge on any atom is -0.480 e. The molecule has 0 fully saturated rings. The summed E-state index contributed by atoms with van der Waals surface area (Å²) in [6.07, 6.45) is 1.42. The van der Waals surface area contributed by atoms with E-state index < -0.39 is 95.7 Å². The molecule has 6 amide bonds. The molecule has 0 saturated carbocycles. The second-order valence-electron chi connectivity index (χ2n) is 15.0. The van der Waals surface area contributed by atoms with Crippen molar-refractivity contribution >= 4 is 64.9 Å². The molecule has 8 atom stereocenters. The summed E-state index contributed by atoms with van der Waals surface area (Å²) in [5.74, 6) is -6.71. The van der Waals surface area contributed by atoms with Crippen LogP contribution >= 0.6 is 12.6 Å². The predicted octanol–water partition coefficient (Wildman–Crippen LogP) is -0.611. The summed E-state index contributed by atoms with van der Waals surface area (Å²) in [6.45, 7) is 6.27. The van der Waals surface area contributed by atoms with Crippen molar-refractivity contribution in [1.29, 1.82) is 0 Å². The van der Waals surface area contributed by atoms with E-state index >= 15 is 0 Å². The van der Waals surface area contributed by atoms with Crippen LogP contribution in [0.2, 0.25) is 0 Å². The van der Waals surface area contributed by atoms with Gasteiger partial charge < -0.3 is 58.6 Å². The summed E-state index contributed by atoms with van der Waals surface area (Å²) < 4.78 is 0. The number of H-pyrrole nitrogens is 1. The molecule has 13 N–H and O–H groups in total. The molecular formula is C41H59N9O9S. The fourth-order valence-electron chi connectivity index (χ4n) is 6.29. The molecule has 0 aliphatic rings. The summed E-state index contributed by atoms with van der Waals surface area (Å²) in [6, 6.07) is 7.59. The summed E-state index contributed by atoms with van der Waals surface area (Å²) >= 11 is 4.21. The van der Waals surface area contributed by atoms with E-state index in [4.69, 9.17) is 11.5 Å². The van der Waals surface area contributed by atoms with E-state index in [1.165, 1.54) is 13.8 Å². The molecule has 0 radical (unpaired) electrons. The molecule has 18 nitrogen and oxygen atoms in total. The van der Waals surface area contributed by atoms with Gasteiger partial charge in [0.05, 0.1) is 12.1 Å². The maximum atomic E-state index is 13.8. The Morgan fingerprint density at radius 2 is 1.27 bits per heavy atom. The number of thiol groups is 1. The third kappa shape index (κ3) is 14.6. The van der Waals surface area contributed by atoms with Crippen LogP contribution in [0.1, 0.15) is 58.1 Å². The number of aliphatic hydroxyl groups excluding tert-OH is 1. The van der Waals surface area contributed by atoms with Crippen LogP contribution in [0.5, 0.6) is 0 Å². The van der Waals surface area contributed by atoms with E-state index in [0.29, 0.717) is 24.9 Å². The number of amides is 6. The number of aliphatic hydroxyl groups is 1. The Kier molecular flexibility index (Phi) is 19.5. The average molecular weight is 854 g/mol. The van der Waals surface area contributed by atoms with Gasteiger partial charge in [0.1, 0.15) is 36.3 Å². The maximum absolute atomic E-state index is 13.8. The Hall–Kier alpha value is -5.50. The smallest absolute Gasteiger partial charge is 0.326 e. The molecule has 1 aromatic heterocycles. The number of fused-ring (bicyclic) bond motifs is 1. The van der Waals surface area contributed by atoms with E-state index in [0.717, 1.165) is 16.5 Å². The minimum absolute atomic E-state index is 0.0302. The number of nitrogens with one attached hydrogen (secondary N) is 7. The molecule has 0 bridgehead atoms. The van der Waals surface area contributed by atoms with Crippen LogP contribution in [0, 0.1) is 5.92 Å². The first-order valence-corrected chi connectivity index (χ1v) is 20.5. The maximum Gasteiger partial charge on any atom is 0.326 e. The van der Waals surface area contributed by atoms with Gasteiger partial charge in [-0.3, -0.25) is 28.8 Å². The molecule has 2 aromatic carbocycles.